The Balaban J connectivity index is 3.88. The van der Waals surface area contributed by atoms with Gasteiger partial charge in [-0.3, -0.25) is 14.5 Å². The fourth-order valence-corrected chi connectivity index (χ4v) is 112. The number of hydrogen-bond acceptors (Lipinski definition) is 2. The summed E-state index contributed by atoms with van der Waals surface area (Å²) in [5.74, 6) is 0.0467. The van der Waals surface area contributed by atoms with Crippen molar-refractivity contribution in [1.82, 2.24) is 4.90 Å². The Morgan fingerprint density at radius 3 is 0.306 bits per heavy atom. The van der Waals surface area contributed by atoms with Crippen LogP contribution in [0.3, 0.4) is 0 Å². The van der Waals surface area contributed by atoms with Crippen LogP contribution in [-0.4, -0.2) is 128 Å². The lowest BCUT2D eigenvalue weighted by atomic mass is 10.1. The summed E-state index contributed by atoms with van der Waals surface area (Å²) >= 11 is 0. The molecule has 0 saturated heterocycles. The molecule has 0 N–H and O–H groups in total. The molecule has 0 bridgehead atoms. The lowest BCUT2D eigenvalue weighted by Gasteiger charge is -2.41. The molecule has 0 aromatic heterocycles. The highest BCUT2D eigenvalue weighted by Gasteiger charge is 2.47. The fraction of sp³-hybridized carbons (Fsp3) is 0.938. The van der Waals surface area contributed by atoms with Gasteiger partial charge in [0, 0.05) is 6.54 Å². The number of rotatable bonds is 106. The molecule has 1 heterocycles. The smallest absolute Gasteiger partial charge is 0.261 e. The van der Waals surface area contributed by atoms with E-state index in [4.69, 9.17) is 0 Å². The van der Waals surface area contributed by atoms with Crippen LogP contribution in [-0.2, 0) is 0 Å². The minimum Gasteiger partial charge on any atom is -0.274 e. The molecule has 16 heteroatoms. The van der Waals surface area contributed by atoms with E-state index in [2.05, 4.69) is 187 Å². The van der Waals surface area contributed by atoms with Gasteiger partial charge in [0.25, 0.3) is 11.8 Å². The van der Waals surface area contributed by atoms with E-state index in [-0.39, 0.29) is 11.8 Å². The topological polar surface area (TPSA) is 37.4 Å². The monoisotopic (exact) mass is 2220 g/mol. The molecule has 1 aliphatic rings. The average Bonchev–Trinajstić information content (AvgIpc) is 1.63. The van der Waals surface area contributed by atoms with Crippen LogP contribution in [0.25, 0.3) is 0 Å². The summed E-state index contributed by atoms with van der Waals surface area (Å²) in [6.07, 6.45) is 58.0. The number of benzene rings is 1. The van der Waals surface area contributed by atoms with Gasteiger partial charge in [0.1, 0.15) is 0 Å². The highest BCUT2D eigenvalue weighted by molar-refractivity contribution is 6.87. The van der Waals surface area contributed by atoms with Crippen LogP contribution in [0.5, 0.6) is 0 Å². The number of imide groups is 1. The van der Waals surface area contributed by atoms with Gasteiger partial charge in [0.05, 0.1) is 116 Å². The molecule has 2 amide bonds. The van der Waals surface area contributed by atoms with Crippen molar-refractivity contribution in [3.8, 4) is 0 Å². The van der Waals surface area contributed by atoms with Crippen LogP contribution in [0.1, 0.15) is 464 Å². The maximum atomic E-state index is 15.3. The molecule has 0 radical (unpaired) electrons. The molecular weight excluding hydrogens is 1950 g/mol. The molecule has 0 atom stereocenters. The highest BCUT2D eigenvalue weighted by Crippen LogP contribution is 2.51. The predicted molar refractivity (Wildman–Crippen MR) is 704 cm³/mol. The zero-order valence-electron chi connectivity index (χ0n) is 105. The van der Waals surface area contributed by atoms with Crippen LogP contribution < -0.4 is 0 Å². The molecule has 0 aliphatic carbocycles. The maximum absolute atomic E-state index is 15.3. The Hall–Kier alpha value is 1.18. The lowest BCUT2D eigenvalue weighted by Crippen LogP contribution is -2.42. The van der Waals surface area contributed by atoms with Crippen molar-refractivity contribution >= 4 is 117 Å². The van der Waals surface area contributed by atoms with E-state index in [1.807, 2.05) is 29.2 Å². The van der Waals surface area contributed by atoms with Crippen LogP contribution in [0.4, 0.5) is 0 Å². The summed E-state index contributed by atoms with van der Waals surface area (Å²) < 4.78 is 0. The first-order chi connectivity index (χ1) is 69.5. The Morgan fingerprint density at radius 2 is 0.215 bits per heavy atom. The summed E-state index contributed by atoms with van der Waals surface area (Å²) in [4.78, 5) is 32.4. The third kappa shape index (κ3) is 50.6. The van der Waals surface area contributed by atoms with Crippen LogP contribution >= 0.6 is 0 Å². The fourth-order valence-electron chi connectivity index (χ4n) is 36.2. The van der Waals surface area contributed by atoms with E-state index in [0.717, 1.165) is 6.42 Å². The lowest BCUT2D eigenvalue weighted by molar-refractivity contribution is 0.0653. The van der Waals surface area contributed by atoms with Crippen molar-refractivity contribution in [1.29, 1.82) is 0 Å². The van der Waals surface area contributed by atoms with E-state index in [1.54, 1.807) is 366 Å². The van der Waals surface area contributed by atoms with Crippen molar-refractivity contribution in [2.24, 2.45) is 0 Å². The number of nitrogens with zero attached hydrogens (tertiary/aromatic N) is 1. The molecule has 3 nitrogen and oxygen atoms in total. The van der Waals surface area contributed by atoms with E-state index < -0.39 is 105 Å². The molecule has 1 aliphatic heterocycles. The second-order valence-corrected chi connectivity index (χ2v) is 118. The van der Waals surface area contributed by atoms with Crippen molar-refractivity contribution in [2.45, 2.75) is 758 Å². The van der Waals surface area contributed by atoms with E-state index in [0.29, 0.717) is 17.7 Å². The SMILES string of the molecule is CCC[Si](CCC)(CCC)CCC[Si](CCC[Si](CCC)(CCC)CCC)(CCC[Si](CCC)(CCC)CCC)CCC[Si](CCCN1C(=O)c2ccccc2C1=O)(CCC[Si](CCC[Si](CCC)(CCC)CCC)(CCC[Si](CCC)(CCC)CCC)CCC[Si](CCC)(CCC)CCC)CCC[Si](CCC[Si](CCC)(CCC)CCC)(CCC[Si](CCC)(CCC)CCC)CCC[Si](CCC)(CCC)CCC. The van der Waals surface area contributed by atoms with Gasteiger partial charge >= 0.3 is 0 Å². The zero-order valence-corrected chi connectivity index (χ0v) is 118. The van der Waals surface area contributed by atoms with Gasteiger partial charge < -0.3 is 0 Å². The first-order valence-corrected chi connectivity index (χ1v) is 104. The number of carbonyl (C=O) groups excluding carboxylic acids is 2. The van der Waals surface area contributed by atoms with E-state index in [9.17, 15) is 0 Å². The summed E-state index contributed by atoms with van der Waals surface area (Å²) in [6, 6.07) is 91.5. The van der Waals surface area contributed by atoms with Gasteiger partial charge in [-0.25, -0.2) is 0 Å². The van der Waals surface area contributed by atoms with Crippen LogP contribution in [0.2, 0.25) is 314 Å². The second-order valence-electron chi connectivity index (χ2n) is 53.4. The predicted octanol–water partition coefficient (Wildman–Crippen LogP) is 49.3. The number of amides is 2. The van der Waals surface area contributed by atoms with E-state index >= 15 is 9.59 Å². The number of carbonyl (C=O) groups is 2. The van der Waals surface area contributed by atoms with Gasteiger partial charge in [-0.05, 0) is 18.6 Å². The van der Waals surface area contributed by atoms with Gasteiger partial charge in [0.15, 0.2) is 0 Å². The molecule has 0 fully saturated rings. The largest absolute Gasteiger partial charge is 0.274 e. The second kappa shape index (κ2) is 80.9. The van der Waals surface area contributed by atoms with Crippen molar-refractivity contribution in [3.05, 3.63) is 35.4 Å². The van der Waals surface area contributed by atoms with Crippen LogP contribution in [0, 0.1) is 0 Å². The molecule has 1 aromatic rings. The molecule has 0 saturated carbocycles. The maximum Gasteiger partial charge on any atom is 0.261 e. The van der Waals surface area contributed by atoms with Crippen molar-refractivity contribution < 1.29 is 9.59 Å². The van der Waals surface area contributed by atoms with Gasteiger partial charge in [-0.2, -0.15) is 0 Å². The summed E-state index contributed by atoms with van der Waals surface area (Å²) in [7, 11) is -20.8. The number of hydrogen-bond donors (Lipinski definition) is 0. The highest BCUT2D eigenvalue weighted by atomic mass is 28.4. The minimum atomic E-state index is -2.25. The summed E-state index contributed by atoms with van der Waals surface area (Å²) in [5, 5.41) is 0. The molecule has 0 spiro atoms. The molecular formula is C128H271NO2Si13. The third-order valence-electron chi connectivity index (χ3n) is 41.0. The van der Waals surface area contributed by atoms with Crippen LogP contribution in [0.15, 0.2) is 24.3 Å². The Bertz CT molecular complexity index is 2550. The minimum absolute atomic E-state index is 0.0234. The standard InChI is InChI=1S/C128H271NO2Si13/c1-28-73-132(74-29-2,75-30-3)101-58-113-142(114-59-102-133(76-31-4,77-32-5)78-33-6,115-60-103-134(79-34-7,80-35-8)81-36-9)122-67-110-141(100-57-72-129-127(130)125-70-55-56-71-126(125)128(129)131,111-68-123-143(116-61-104-135(82-37-10,83-38-11)84-39-12,117-62-105-136(85-40-13,86-41-14)87-42-15)118-63-106-137(88-43-16,89-44-17)90-45-18)112-69-124-144(119-64-107-138(91-46-19,92-47-20)93-48-21,120-65-108-139(94-49-22,95-50-23)96-51-24)121-66-109-140(97-52-25,98-53-26)99-54-27/h55-56,70-71H,28-54,57-69,72-124H2,1-27H3. The number of fused-ring (bicyclic) bond motifs is 1. The Labute approximate surface area is 923 Å². The molecule has 144 heavy (non-hydrogen) atoms. The molecule has 852 valence electrons. The molecule has 2 rings (SSSR count). The van der Waals surface area contributed by atoms with Crippen molar-refractivity contribution in [3.63, 3.8) is 0 Å². The zero-order chi connectivity index (χ0) is 107. The molecule has 0 unspecified atom stereocenters. The van der Waals surface area contributed by atoms with Gasteiger partial charge in [0.2, 0.25) is 0 Å². The van der Waals surface area contributed by atoms with Gasteiger partial charge in [-0.1, -0.05) is 764 Å². The normalized spacial score (nSPS) is 13.9. The summed E-state index contributed by atoms with van der Waals surface area (Å²) in [5.41, 5.74) is 1.36. The quantitative estimate of drug-likeness (QED) is 0.0481. The van der Waals surface area contributed by atoms with Gasteiger partial charge in [-0.15, -0.1) is 0 Å². The average molecular weight is 2220 g/mol. The van der Waals surface area contributed by atoms with Crippen molar-refractivity contribution in [2.75, 3.05) is 6.54 Å². The third-order valence-corrected chi connectivity index (χ3v) is 118. The summed E-state index contributed by atoms with van der Waals surface area (Å²) in [6.45, 7) is 70.7. The first kappa shape index (κ1) is 141. The molecule has 1 aromatic carbocycles. The Kier molecular flexibility index (Phi) is 79.3. The Morgan fingerprint density at radius 1 is 0.132 bits per heavy atom. The van der Waals surface area contributed by atoms with E-state index in [1.165, 1.54) is 199 Å². The first-order valence-electron chi connectivity index (χ1n) is 67.5.